The van der Waals surface area contributed by atoms with E-state index in [2.05, 4.69) is 5.09 Å². The van der Waals surface area contributed by atoms with Gasteiger partial charge in [-0.3, -0.25) is 19.3 Å². The molecule has 1 fully saturated rings. The van der Waals surface area contributed by atoms with Gasteiger partial charge in [0.2, 0.25) is 5.91 Å². The van der Waals surface area contributed by atoms with Gasteiger partial charge in [0.25, 0.3) is 6.43 Å². The predicted octanol–water partition coefficient (Wildman–Crippen LogP) is 4.33. The molecular weight excluding hydrogens is 636 g/mol. The summed E-state index contributed by atoms with van der Waals surface area (Å²) in [7, 11) is 0. The van der Waals surface area contributed by atoms with E-state index in [9.17, 15) is 28.3 Å². The van der Waals surface area contributed by atoms with Crippen molar-refractivity contribution in [2.24, 2.45) is 0 Å². The molecule has 10 nitrogen and oxygen atoms in total. The van der Waals surface area contributed by atoms with Crippen LogP contribution in [0.25, 0.3) is 10.8 Å². The Morgan fingerprint density at radius 3 is 2.58 bits per heavy atom. The minimum atomic E-state index is -3.98. The van der Waals surface area contributed by atoms with Gasteiger partial charge < -0.3 is 23.6 Å². The smallest absolute Gasteiger partial charge is 0.323 e. The number of carbonyl (C=O) groups is 3. The van der Waals surface area contributed by atoms with Crippen LogP contribution in [0.4, 0.5) is 13.2 Å². The number of benzene rings is 2. The molecule has 0 aliphatic carbocycles. The number of ether oxygens (including phenoxy) is 2. The van der Waals surface area contributed by atoms with Crippen molar-refractivity contribution in [3.8, 4) is 5.75 Å². The number of halogens is 4. The molecule has 0 saturated carbocycles. The molecule has 6 atom stereocenters. The summed E-state index contributed by atoms with van der Waals surface area (Å²) in [5.41, 5.74) is -3.04. The van der Waals surface area contributed by atoms with Crippen molar-refractivity contribution in [2.75, 3.05) is 6.61 Å². The fourth-order valence-electron chi connectivity index (χ4n) is 4.46. The molecule has 0 bridgehead atoms. The zero-order valence-corrected chi connectivity index (χ0v) is 25.6. The Hall–Kier alpha value is -2.58. The van der Waals surface area contributed by atoms with Crippen molar-refractivity contribution in [3.63, 3.8) is 0 Å². The topological polar surface area (TPSA) is 124 Å². The third kappa shape index (κ3) is 7.06. The van der Waals surface area contributed by atoms with E-state index in [1.54, 1.807) is 56.3 Å². The summed E-state index contributed by atoms with van der Waals surface area (Å²) in [6.45, 7) is -0.545. The van der Waals surface area contributed by atoms with Crippen molar-refractivity contribution in [1.82, 2.24) is 9.99 Å². The Morgan fingerprint density at radius 2 is 1.91 bits per heavy atom. The number of nitrogens with zero attached hydrogens (tertiary/aromatic N) is 1. The average Bonchev–Trinajstić information content (AvgIpc) is 3.20. The normalized spacial score (nSPS) is 26.5. The van der Waals surface area contributed by atoms with Crippen LogP contribution < -0.4 is 9.61 Å². The van der Waals surface area contributed by atoms with Gasteiger partial charge in [0, 0.05) is 11.6 Å². The van der Waals surface area contributed by atoms with Crippen LogP contribution in [-0.4, -0.2) is 76.9 Å². The summed E-state index contributed by atoms with van der Waals surface area (Å²) in [6.07, 6.45) is -11.2. The van der Waals surface area contributed by atoms with Gasteiger partial charge in [0.15, 0.2) is 23.8 Å². The number of nitrogens with one attached hydrogen (secondary N) is 1. The average molecular weight is 665 g/mol. The molecule has 16 heteroatoms. The lowest BCUT2D eigenvalue weighted by atomic mass is 9.97. The first-order chi connectivity index (χ1) is 20.2. The Kier molecular flexibility index (Phi) is 10.2. The summed E-state index contributed by atoms with van der Waals surface area (Å²) >= 11 is 11.4. The molecule has 2 aliphatic rings. The van der Waals surface area contributed by atoms with Gasteiger partial charge in [0.1, 0.15) is 22.9 Å². The van der Waals surface area contributed by atoms with E-state index in [1.807, 2.05) is 0 Å². The van der Waals surface area contributed by atoms with Gasteiger partial charge in [-0.15, -0.1) is 0 Å². The molecule has 2 heterocycles. The minimum Gasteiger partial charge on any atom is -0.462 e. The number of carbonyl (C=O) groups excluding carboxylic acids is 3. The second-order valence-electron chi connectivity index (χ2n) is 10.2. The van der Waals surface area contributed by atoms with E-state index >= 15 is 4.39 Å². The predicted molar refractivity (Wildman–Crippen MR) is 154 cm³/mol. The number of fused-ring (bicyclic) bond motifs is 1. The molecule has 2 aliphatic heterocycles. The van der Waals surface area contributed by atoms with Crippen LogP contribution in [0.1, 0.15) is 27.2 Å². The van der Waals surface area contributed by atoms with E-state index in [1.165, 1.54) is 6.92 Å². The highest BCUT2D eigenvalue weighted by molar-refractivity contribution is 8.09. The Labute approximate surface area is 255 Å². The van der Waals surface area contributed by atoms with Crippen molar-refractivity contribution in [1.29, 1.82) is 0 Å². The van der Waals surface area contributed by atoms with Crippen molar-refractivity contribution in [3.05, 3.63) is 53.7 Å². The minimum absolute atomic E-state index is 0.196. The number of esters is 1. The van der Waals surface area contributed by atoms with Crippen LogP contribution in [0.5, 0.6) is 5.75 Å². The molecule has 1 saturated heterocycles. The van der Waals surface area contributed by atoms with E-state index in [-0.39, 0.29) is 5.75 Å². The van der Waals surface area contributed by atoms with Gasteiger partial charge in [0.05, 0.1) is 19.1 Å². The fraction of sp³-hybridized carbons (Fsp3) is 0.444. The van der Waals surface area contributed by atoms with Gasteiger partial charge in [-0.25, -0.2) is 18.3 Å². The number of hydrogen-bond acceptors (Lipinski definition) is 9. The first-order valence-corrected chi connectivity index (χ1v) is 16.1. The molecule has 2 aromatic rings. The second-order valence-corrected chi connectivity index (χ2v) is 13.8. The number of aliphatic hydroxyl groups excluding tert-OH is 1. The first-order valence-electron chi connectivity index (χ1n) is 13.1. The lowest BCUT2D eigenvalue weighted by Gasteiger charge is -2.35. The lowest BCUT2D eigenvalue weighted by Crippen LogP contribution is -2.52. The number of rotatable bonds is 11. The quantitative estimate of drug-likeness (QED) is 0.204. The highest BCUT2D eigenvalue weighted by Gasteiger charge is 2.63. The van der Waals surface area contributed by atoms with Crippen molar-refractivity contribution < 1.29 is 51.2 Å². The maximum absolute atomic E-state index is 15.4. The Balaban J connectivity index is 1.66. The number of amides is 1. The maximum Gasteiger partial charge on any atom is 0.323 e. The Bertz CT molecular complexity index is 1480. The molecule has 43 heavy (non-hydrogen) atoms. The summed E-state index contributed by atoms with van der Waals surface area (Å²) < 4.78 is 67.0. The van der Waals surface area contributed by atoms with E-state index < -0.39 is 85.0 Å². The summed E-state index contributed by atoms with van der Waals surface area (Å²) in [5.74, 6) is -2.26. The van der Waals surface area contributed by atoms with Crippen LogP contribution in [0.3, 0.4) is 0 Å². The molecule has 2 aromatic carbocycles. The van der Waals surface area contributed by atoms with Gasteiger partial charge >= 0.3 is 12.6 Å². The Morgan fingerprint density at radius 1 is 1.23 bits per heavy atom. The van der Waals surface area contributed by atoms with E-state index in [0.717, 1.165) is 11.6 Å². The molecule has 0 spiro atoms. The molecule has 4 rings (SSSR count). The lowest BCUT2D eigenvalue weighted by molar-refractivity contribution is -0.199. The third-order valence-electron chi connectivity index (χ3n) is 6.66. The summed E-state index contributed by atoms with van der Waals surface area (Å²) in [6, 6.07) is 10.9. The number of Topliss-reactive ketones (excluding diaryl/α,β-unsaturated/α-hetero) is 1. The summed E-state index contributed by atoms with van der Waals surface area (Å²) in [4.78, 5) is 37.3. The monoisotopic (exact) mass is 664 g/mol. The molecule has 0 aromatic heterocycles. The molecule has 2 N–H and O–H groups in total. The number of aliphatic hydroxyl groups is 1. The van der Waals surface area contributed by atoms with Crippen molar-refractivity contribution in [2.45, 2.75) is 69.9 Å². The molecule has 1 unspecified atom stereocenters. The number of hydrogen-bond donors (Lipinski definition) is 2. The maximum atomic E-state index is 15.4. The van der Waals surface area contributed by atoms with Crippen LogP contribution in [0, 0.1) is 0 Å². The standard InChI is InChI=1S/C27H29ClF3N2O8PS/c1-14(2)39-25(37)15(3)32-42(43,41-20-10-6-8-16-7-4-5-9-17(16)20)38-13-27(26(30)31)23(36)22(29)24(40-27)33-12-18(28)19(34)11-21(33)35/h4-10,12,14-15,22-24,26,36H,11,13H2,1-3H3,(H,32,43)/t15-,22-,23-,24+,27+,42?/m0/s1. The van der Waals surface area contributed by atoms with Crippen LogP contribution >= 0.6 is 18.2 Å². The van der Waals surface area contributed by atoms with E-state index in [0.29, 0.717) is 10.3 Å². The zero-order valence-electron chi connectivity index (χ0n) is 23.1. The number of ketones is 1. The second kappa shape index (κ2) is 13.2. The number of allylic oxidation sites excluding steroid dienone is 1. The van der Waals surface area contributed by atoms with Gasteiger partial charge in [-0.2, -0.15) is 0 Å². The largest absolute Gasteiger partial charge is 0.462 e. The van der Waals surface area contributed by atoms with E-state index in [4.69, 9.17) is 41.9 Å². The van der Waals surface area contributed by atoms with Gasteiger partial charge in [-0.1, -0.05) is 48.0 Å². The first kappa shape index (κ1) is 33.3. The molecular formula is C27H29ClF3N2O8PS. The van der Waals surface area contributed by atoms with Crippen LogP contribution in [0.15, 0.2) is 53.7 Å². The van der Waals surface area contributed by atoms with Crippen LogP contribution in [0.2, 0.25) is 0 Å². The summed E-state index contributed by atoms with van der Waals surface area (Å²) in [5, 5.41) is 14.3. The highest BCUT2D eigenvalue weighted by Crippen LogP contribution is 2.50. The number of alkyl halides is 3. The highest BCUT2D eigenvalue weighted by atomic mass is 35.5. The van der Waals surface area contributed by atoms with Gasteiger partial charge in [-0.05, 0) is 44.0 Å². The molecule has 1 amide bonds. The fourth-order valence-corrected chi connectivity index (χ4v) is 7.05. The van der Waals surface area contributed by atoms with Crippen molar-refractivity contribution >= 4 is 58.5 Å². The van der Waals surface area contributed by atoms with Crippen LogP contribution in [-0.2, 0) is 40.2 Å². The SMILES string of the molecule is CC(C)OC(=O)[C@H](C)NP(=S)(OC[C@@]1(C(F)F)O[C@@H](N2C=C(Cl)C(=O)CC2=O)[C@@H](F)[C@@H]1O)Oc1cccc2ccccc12. The zero-order chi connectivity index (χ0) is 31.7. The molecule has 234 valence electrons. The molecule has 0 radical (unpaired) electrons. The third-order valence-corrected chi connectivity index (χ3v) is 9.44.